The summed E-state index contributed by atoms with van der Waals surface area (Å²) in [5.41, 5.74) is -0.548. The summed E-state index contributed by atoms with van der Waals surface area (Å²) in [6, 6.07) is 4.73. The Morgan fingerprint density at radius 2 is 2.10 bits per heavy atom. The van der Waals surface area contributed by atoms with Crippen LogP contribution < -0.4 is 5.32 Å². The SMILES string of the molecule is N#CC1(NC(=O)[C@@H]2CCC(F)(F)C[C@H]2c2nn(-c3ccc(F)cn3)cc2Br)CC1. The second-order valence-corrected chi connectivity index (χ2v) is 8.49. The second kappa shape index (κ2) is 7.13. The molecule has 1 amide bonds. The molecule has 0 radical (unpaired) electrons. The highest BCUT2D eigenvalue weighted by Crippen LogP contribution is 2.47. The van der Waals surface area contributed by atoms with E-state index in [1.807, 2.05) is 0 Å². The molecule has 0 saturated heterocycles. The summed E-state index contributed by atoms with van der Waals surface area (Å²) < 4.78 is 43.4. The average molecular weight is 468 g/mol. The molecule has 2 atom stereocenters. The Morgan fingerprint density at radius 1 is 1.34 bits per heavy atom. The third-order valence-electron chi connectivity index (χ3n) is 5.48. The quantitative estimate of drug-likeness (QED) is 0.739. The van der Waals surface area contributed by atoms with Gasteiger partial charge in [0.1, 0.15) is 11.4 Å². The highest BCUT2D eigenvalue weighted by Gasteiger charge is 2.50. The van der Waals surface area contributed by atoms with Gasteiger partial charge in [0.25, 0.3) is 0 Å². The lowest BCUT2D eigenvalue weighted by molar-refractivity contribution is -0.131. The van der Waals surface area contributed by atoms with Gasteiger partial charge < -0.3 is 5.32 Å². The van der Waals surface area contributed by atoms with Crippen LogP contribution in [0.4, 0.5) is 13.2 Å². The number of halogens is 4. The van der Waals surface area contributed by atoms with Crippen molar-refractivity contribution in [2.45, 2.75) is 49.5 Å². The average Bonchev–Trinajstić information content (AvgIpc) is 3.34. The summed E-state index contributed by atoms with van der Waals surface area (Å²) in [6.07, 6.45) is 2.81. The smallest absolute Gasteiger partial charge is 0.248 e. The third kappa shape index (κ3) is 4.01. The van der Waals surface area contributed by atoms with Crippen molar-refractivity contribution in [3.63, 3.8) is 0 Å². The van der Waals surface area contributed by atoms with Crippen LogP contribution in [0, 0.1) is 23.1 Å². The van der Waals surface area contributed by atoms with Crippen molar-refractivity contribution >= 4 is 21.8 Å². The van der Waals surface area contributed by atoms with Crippen LogP contribution in [-0.2, 0) is 4.79 Å². The minimum atomic E-state index is -2.91. The molecule has 2 aliphatic carbocycles. The van der Waals surface area contributed by atoms with Crippen molar-refractivity contribution in [2.24, 2.45) is 5.92 Å². The van der Waals surface area contributed by atoms with Gasteiger partial charge in [-0.1, -0.05) is 0 Å². The number of carbonyl (C=O) groups is 1. The van der Waals surface area contributed by atoms with Crippen LogP contribution in [0.5, 0.6) is 0 Å². The van der Waals surface area contributed by atoms with E-state index in [0.717, 1.165) is 6.20 Å². The lowest BCUT2D eigenvalue weighted by Crippen LogP contribution is -2.45. The number of rotatable bonds is 4. The summed E-state index contributed by atoms with van der Waals surface area (Å²) in [4.78, 5) is 16.8. The molecule has 0 aromatic carbocycles. The van der Waals surface area contributed by atoms with Crippen LogP contribution in [0.3, 0.4) is 0 Å². The molecule has 6 nitrogen and oxygen atoms in total. The van der Waals surface area contributed by atoms with Gasteiger partial charge in [0.2, 0.25) is 11.8 Å². The normalized spacial score (nSPS) is 24.5. The summed E-state index contributed by atoms with van der Waals surface area (Å²) in [5, 5.41) is 16.3. The Labute approximate surface area is 173 Å². The maximum absolute atomic E-state index is 14.2. The molecule has 10 heteroatoms. The number of nitrogens with one attached hydrogen (secondary N) is 1. The van der Waals surface area contributed by atoms with E-state index in [4.69, 9.17) is 0 Å². The van der Waals surface area contributed by atoms with Crippen molar-refractivity contribution < 1.29 is 18.0 Å². The summed E-state index contributed by atoms with van der Waals surface area (Å²) in [6.45, 7) is 0. The Bertz CT molecular complexity index is 981. The molecule has 152 valence electrons. The topological polar surface area (TPSA) is 83.6 Å². The Morgan fingerprint density at radius 3 is 2.72 bits per heavy atom. The summed E-state index contributed by atoms with van der Waals surface area (Å²) >= 11 is 3.35. The molecule has 4 rings (SSSR count). The van der Waals surface area contributed by atoms with Gasteiger partial charge in [0, 0.05) is 30.9 Å². The number of hydrogen-bond acceptors (Lipinski definition) is 4. The van der Waals surface area contributed by atoms with E-state index in [1.165, 1.54) is 16.8 Å². The van der Waals surface area contributed by atoms with Gasteiger partial charge in [-0.15, -0.1) is 0 Å². The van der Waals surface area contributed by atoms with Crippen LogP contribution in [0.2, 0.25) is 0 Å². The first-order valence-electron chi connectivity index (χ1n) is 9.20. The van der Waals surface area contributed by atoms with Gasteiger partial charge in [-0.2, -0.15) is 10.4 Å². The van der Waals surface area contributed by atoms with E-state index in [0.29, 0.717) is 28.8 Å². The van der Waals surface area contributed by atoms with Crippen LogP contribution in [0.25, 0.3) is 5.82 Å². The van der Waals surface area contributed by atoms with Gasteiger partial charge in [-0.3, -0.25) is 4.79 Å². The molecule has 1 N–H and O–H groups in total. The van der Waals surface area contributed by atoms with Gasteiger partial charge >= 0.3 is 0 Å². The van der Waals surface area contributed by atoms with Gasteiger partial charge in [-0.05, 0) is 47.3 Å². The molecule has 29 heavy (non-hydrogen) atoms. The number of alkyl halides is 2. The van der Waals surface area contributed by atoms with Crippen LogP contribution in [0.15, 0.2) is 29.0 Å². The molecule has 2 aromatic heterocycles. The zero-order chi connectivity index (χ0) is 20.8. The van der Waals surface area contributed by atoms with Gasteiger partial charge in [-0.25, -0.2) is 22.8 Å². The molecule has 0 aliphatic heterocycles. The van der Waals surface area contributed by atoms with Crippen molar-refractivity contribution in [2.75, 3.05) is 0 Å². The minimum Gasteiger partial charge on any atom is -0.338 e. The van der Waals surface area contributed by atoms with E-state index in [2.05, 4.69) is 37.4 Å². The Hall–Kier alpha value is -2.41. The zero-order valence-corrected chi connectivity index (χ0v) is 16.8. The zero-order valence-electron chi connectivity index (χ0n) is 15.2. The summed E-state index contributed by atoms with van der Waals surface area (Å²) in [7, 11) is 0. The highest BCUT2D eigenvalue weighted by atomic mass is 79.9. The molecule has 2 fully saturated rings. The molecular weight excluding hydrogens is 451 g/mol. The molecule has 0 bridgehead atoms. The Balaban J connectivity index is 1.65. The van der Waals surface area contributed by atoms with E-state index in [1.54, 1.807) is 6.20 Å². The molecule has 0 spiro atoms. The fourth-order valence-electron chi connectivity index (χ4n) is 3.69. The lowest BCUT2D eigenvalue weighted by Gasteiger charge is -2.35. The molecule has 2 aliphatic rings. The molecule has 0 unspecified atom stereocenters. The summed E-state index contributed by atoms with van der Waals surface area (Å²) in [5.74, 6) is -5.04. The standard InChI is InChI=1S/C19H17BrF3N5O/c20-14-9-28(15-2-1-11(21)8-25-15)27-16(14)13-7-19(22,23)4-3-12(13)17(29)26-18(10-24)5-6-18/h1-2,8-9,12-13H,3-7H2,(H,26,29)/t12-,13-/m1/s1. The number of carbonyl (C=O) groups excluding carboxylic acids is 1. The number of amides is 1. The number of nitrogens with zero attached hydrogens (tertiary/aromatic N) is 4. The minimum absolute atomic E-state index is 0.000886. The van der Waals surface area contributed by atoms with Crippen LogP contribution in [0.1, 0.15) is 43.7 Å². The number of nitriles is 1. The van der Waals surface area contributed by atoms with Gasteiger partial charge in [0.05, 0.1) is 22.4 Å². The van der Waals surface area contributed by atoms with Gasteiger partial charge in [0.15, 0.2) is 5.82 Å². The fourth-order valence-corrected chi connectivity index (χ4v) is 4.26. The maximum atomic E-state index is 14.2. The Kier molecular flexibility index (Phi) is 4.89. The van der Waals surface area contributed by atoms with Crippen molar-refractivity contribution in [3.8, 4) is 11.9 Å². The monoisotopic (exact) mass is 467 g/mol. The van der Waals surface area contributed by atoms with Crippen LogP contribution >= 0.6 is 15.9 Å². The molecule has 2 aromatic rings. The van der Waals surface area contributed by atoms with Crippen molar-refractivity contribution in [1.82, 2.24) is 20.1 Å². The van der Waals surface area contributed by atoms with E-state index >= 15 is 0 Å². The van der Waals surface area contributed by atoms with E-state index in [9.17, 15) is 23.2 Å². The molecular formula is C19H17BrF3N5O. The highest BCUT2D eigenvalue weighted by molar-refractivity contribution is 9.10. The maximum Gasteiger partial charge on any atom is 0.248 e. The number of aromatic nitrogens is 3. The first-order chi connectivity index (χ1) is 13.7. The lowest BCUT2D eigenvalue weighted by atomic mass is 9.75. The third-order valence-corrected chi connectivity index (χ3v) is 6.09. The van der Waals surface area contributed by atoms with Crippen molar-refractivity contribution in [1.29, 1.82) is 5.26 Å². The largest absolute Gasteiger partial charge is 0.338 e. The predicted molar refractivity (Wildman–Crippen MR) is 99.8 cm³/mol. The van der Waals surface area contributed by atoms with Crippen LogP contribution in [-0.4, -0.2) is 32.1 Å². The number of hydrogen-bond donors (Lipinski definition) is 1. The van der Waals surface area contributed by atoms with Crippen molar-refractivity contribution in [3.05, 3.63) is 40.5 Å². The predicted octanol–water partition coefficient (Wildman–Crippen LogP) is 3.86. The van der Waals surface area contributed by atoms with E-state index in [-0.39, 0.29) is 12.8 Å². The number of pyridine rings is 1. The van der Waals surface area contributed by atoms with E-state index < -0.39 is 41.4 Å². The molecule has 2 heterocycles. The first kappa shape index (κ1) is 19.9. The molecule has 2 saturated carbocycles. The second-order valence-electron chi connectivity index (χ2n) is 7.64. The fraction of sp³-hybridized carbons (Fsp3) is 0.474. The first-order valence-corrected chi connectivity index (χ1v) is 9.99.